The van der Waals surface area contributed by atoms with Gasteiger partial charge in [-0.05, 0) is 75.5 Å². The molecule has 1 aromatic heterocycles. The van der Waals surface area contributed by atoms with E-state index in [9.17, 15) is 18.0 Å². The molecule has 0 spiro atoms. The summed E-state index contributed by atoms with van der Waals surface area (Å²) in [6.07, 6.45) is 10.3. The van der Waals surface area contributed by atoms with Crippen LogP contribution in [0, 0.1) is 29.6 Å². The van der Waals surface area contributed by atoms with Crippen LogP contribution in [0.15, 0.2) is 23.0 Å². The van der Waals surface area contributed by atoms with Gasteiger partial charge in [-0.25, -0.2) is 4.98 Å². The summed E-state index contributed by atoms with van der Waals surface area (Å²) in [6.45, 7) is 7.97. The molecule has 7 nitrogen and oxygen atoms in total. The zero-order valence-electron chi connectivity index (χ0n) is 24.8. The third-order valence-corrected chi connectivity index (χ3v) is 9.20. The summed E-state index contributed by atoms with van der Waals surface area (Å²) in [5.41, 5.74) is 0.687. The van der Waals surface area contributed by atoms with Gasteiger partial charge in [0, 0.05) is 31.7 Å². The van der Waals surface area contributed by atoms with Crippen LogP contribution in [0.1, 0.15) is 97.0 Å². The van der Waals surface area contributed by atoms with Gasteiger partial charge >= 0.3 is 6.18 Å². The molecule has 0 saturated heterocycles. The maximum Gasteiger partial charge on any atom is 0.421 e. The van der Waals surface area contributed by atoms with Gasteiger partial charge in [0.15, 0.2) is 0 Å². The summed E-state index contributed by atoms with van der Waals surface area (Å²) < 4.78 is 41.2. The topological polar surface area (TPSA) is 91.3 Å². The van der Waals surface area contributed by atoms with Gasteiger partial charge in [0.1, 0.15) is 11.4 Å². The fraction of sp³-hybridized carbons (Fsp3) is 0.742. The normalized spacial score (nSPS) is 24.3. The molecule has 2 heterocycles. The SMILES string of the molecule is CC1=NCCC(C2CCCCC(C(C)C)CC2)C=C1Nc1ncc(C(F)(F)F)c(NCCCNC(=O)C2CCC2)n1. The summed E-state index contributed by atoms with van der Waals surface area (Å²) in [6, 6.07) is 0. The molecule has 1 aliphatic heterocycles. The third kappa shape index (κ3) is 8.92. The average molecular weight is 577 g/mol. The molecule has 0 bridgehead atoms. The van der Waals surface area contributed by atoms with Gasteiger partial charge < -0.3 is 16.0 Å². The van der Waals surface area contributed by atoms with Crippen LogP contribution in [-0.2, 0) is 11.0 Å². The summed E-state index contributed by atoms with van der Waals surface area (Å²) in [7, 11) is 0. The predicted octanol–water partition coefficient (Wildman–Crippen LogP) is 7.23. The Bertz CT molecular complexity index is 1080. The van der Waals surface area contributed by atoms with Crippen LogP contribution >= 0.6 is 0 Å². The highest BCUT2D eigenvalue weighted by molar-refractivity contribution is 6.00. The zero-order chi connectivity index (χ0) is 29.4. The number of nitrogens with one attached hydrogen (secondary N) is 3. The highest BCUT2D eigenvalue weighted by Gasteiger charge is 2.35. The van der Waals surface area contributed by atoms with Crippen molar-refractivity contribution < 1.29 is 18.0 Å². The molecule has 41 heavy (non-hydrogen) atoms. The molecule has 2 aliphatic carbocycles. The predicted molar refractivity (Wildman–Crippen MR) is 158 cm³/mol. The number of rotatable bonds is 10. The highest BCUT2D eigenvalue weighted by Crippen LogP contribution is 2.37. The Morgan fingerprint density at radius 3 is 2.51 bits per heavy atom. The summed E-state index contributed by atoms with van der Waals surface area (Å²) in [5.74, 6) is 2.37. The standard InChI is InChI=1S/C31H47F3N6O/c1-20(2)22-8-4-5-9-23(13-12-22)25-14-17-35-21(3)27(18-25)39-30-38-19-26(31(32,33)34)28(40-30)36-15-7-16-37-29(41)24-10-6-11-24/h18-20,22-25H,4-17H2,1-3H3,(H,37,41)(H2,36,38,39,40). The number of nitrogens with zero attached hydrogens (tertiary/aromatic N) is 3. The number of carbonyl (C=O) groups excluding carboxylic acids is 1. The van der Waals surface area contributed by atoms with E-state index in [0.29, 0.717) is 30.7 Å². The number of hydrogen-bond acceptors (Lipinski definition) is 6. The maximum absolute atomic E-state index is 13.7. The van der Waals surface area contributed by atoms with E-state index in [2.05, 4.69) is 45.8 Å². The van der Waals surface area contributed by atoms with Crippen molar-refractivity contribution in [2.45, 2.75) is 97.6 Å². The molecule has 10 heteroatoms. The van der Waals surface area contributed by atoms with Crippen molar-refractivity contribution in [1.29, 1.82) is 0 Å². The Balaban J connectivity index is 1.43. The molecule has 228 valence electrons. The molecule has 1 amide bonds. The van der Waals surface area contributed by atoms with Crippen LogP contribution in [0.3, 0.4) is 0 Å². The lowest BCUT2D eigenvalue weighted by Crippen LogP contribution is -2.35. The van der Waals surface area contributed by atoms with Gasteiger partial charge in [-0.1, -0.05) is 45.6 Å². The monoisotopic (exact) mass is 576 g/mol. The first-order valence-electron chi connectivity index (χ1n) is 15.6. The molecule has 2 fully saturated rings. The molecule has 0 radical (unpaired) electrons. The fourth-order valence-electron chi connectivity index (χ4n) is 6.24. The van der Waals surface area contributed by atoms with Crippen molar-refractivity contribution in [2.24, 2.45) is 34.6 Å². The Kier molecular flexibility index (Phi) is 11.1. The number of alkyl halides is 3. The van der Waals surface area contributed by atoms with Crippen LogP contribution in [0.5, 0.6) is 0 Å². The van der Waals surface area contributed by atoms with Crippen molar-refractivity contribution >= 4 is 23.4 Å². The number of hydrogen-bond donors (Lipinski definition) is 3. The third-order valence-electron chi connectivity index (χ3n) is 9.20. The van der Waals surface area contributed by atoms with E-state index in [1.807, 2.05) is 6.92 Å². The van der Waals surface area contributed by atoms with E-state index < -0.39 is 11.7 Å². The van der Waals surface area contributed by atoms with Gasteiger partial charge in [-0.2, -0.15) is 18.2 Å². The van der Waals surface area contributed by atoms with E-state index in [4.69, 9.17) is 4.99 Å². The largest absolute Gasteiger partial charge is 0.421 e. The highest BCUT2D eigenvalue weighted by atomic mass is 19.4. The first-order chi connectivity index (χ1) is 19.6. The van der Waals surface area contributed by atoms with E-state index >= 15 is 0 Å². The summed E-state index contributed by atoms with van der Waals surface area (Å²) in [4.78, 5) is 25.0. The first-order valence-corrected chi connectivity index (χ1v) is 15.6. The van der Waals surface area contributed by atoms with Gasteiger partial charge in [0.25, 0.3) is 0 Å². The number of allylic oxidation sites excluding steroid dienone is 2. The molecular weight excluding hydrogens is 529 g/mol. The fourth-order valence-corrected chi connectivity index (χ4v) is 6.24. The van der Waals surface area contributed by atoms with Gasteiger partial charge in [-0.3, -0.25) is 9.79 Å². The Labute approximate surface area is 242 Å². The second-order valence-electron chi connectivity index (χ2n) is 12.4. The maximum atomic E-state index is 13.7. The minimum atomic E-state index is -4.59. The number of aromatic nitrogens is 2. The molecule has 4 rings (SSSR count). The molecule has 3 N–H and O–H groups in total. The lowest BCUT2D eigenvalue weighted by atomic mass is 9.75. The van der Waals surface area contributed by atoms with Crippen LogP contribution in [0.4, 0.5) is 24.9 Å². The molecule has 0 aromatic carbocycles. The number of halogens is 3. The van der Waals surface area contributed by atoms with Gasteiger partial charge in [-0.15, -0.1) is 0 Å². The first kappa shape index (κ1) is 31.3. The van der Waals surface area contributed by atoms with Gasteiger partial charge in [0.05, 0.1) is 11.4 Å². The summed E-state index contributed by atoms with van der Waals surface area (Å²) in [5, 5.41) is 8.90. The number of carbonyl (C=O) groups is 1. The second-order valence-corrected chi connectivity index (χ2v) is 12.4. The van der Waals surface area contributed by atoms with Crippen molar-refractivity contribution in [3.05, 3.63) is 23.5 Å². The number of aliphatic imine (C=N–C) groups is 1. The Morgan fingerprint density at radius 1 is 1.02 bits per heavy atom. The number of amides is 1. The van der Waals surface area contributed by atoms with E-state index in [1.54, 1.807) is 0 Å². The summed E-state index contributed by atoms with van der Waals surface area (Å²) >= 11 is 0. The number of anilines is 2. The minimum Gasteiger partial charge on any atom is -0.369 e. The van der Waals surface area contributed by atoms with E-state index in [0.717, 1.165) is 55.8 Å². The molecule has 2 saturated carbocycles. The molecule has 3 aliphatic rings. The van der Waals surface area contributed by atoms with Crippen molar-refractivity contribution in [3.63, 3.8) is 0 Å². The molecule has 3 unspecified atom stereocenters. The Hall–Kier alpha value is -2.65. The molecule has 3 atom stereocenters. The van der Waals surface area contributed by atoms with Crippen LogP contribution in [0.25, 0.3) is 0 Å². The van der Waals surface area contributed by atoms with Crippen molar-refractivity contribution in [3.8, 4) is 0 Å². The lowest BCUT2D eigenvalue weighted by molar-refractivity contribution is -0.137. The smallest absolute Gasteiger partial charge is 0.369 e. The zero-order valence-corrected chi connectivity index (χ0v) is 24.8. The molecular formula is C31H47F3N6O. The van der Waals surface area contributed by atoms with Crippen LogP contribution in [-0.4, -0.2) is 41.2 Å². The van der Waals surface area contributed by atoms with Gasteiger partial charge in [0.2, 0.25) is 11.9 Å². The van der Waals surface area contributed by atoms with Crippen molar-refractivity contribution in [2.75, 3.05) is 30.3 Å². The van der Waals surface area contributed by atoms with E-state index in [1.165, 1.54) is 38.5 Å². The average Bonchev–Trinajstić information content (AvgIpc) is 3.03. The Morgan fingerprint density at radius 2 is 1.80 bits per heavy atom. The minimum absolute atomic E-state index is 0.0342. The van der Waals surface area contributed by atoms with E-state index in [-0.39, 0.29) is 30.1 Å². The van der Waals surface area contributed by atoms with Crippen LogP contribution < -0.4 is 16.0 Å². The molecule has 1 aromatic rings. The quantitative estimate of drug-likeness (QED) is 0.256. The van der Waals surface area contributed by atoms with Crippen LogP contribution in [0.2, 0.25) is 0 Å². The lowest BCUT2D eigenvalue weighted by Gasteiger charge is -2.31. The second kappa shape index (κ2) is 14.5. The van der Waals surface area contributed by atoms with Crippen molar-refractivity contribution in [1.82, 2.24) is 15.3 Å².